The molecule has 1 aromatic carbocycles. The van der Waals surface area contributed by atoms with Crippen LogP contribution in [0, 0.1) is 0 Å². The predicted molar refractivity (Wildman–Crippen MR) is 80.8 cm³/mol. The number of aromatic nitrogens is 3. The minimum Gasteiger partial charge on any atom is -0.287 e. The van der Waals surface area contributed by atoms with Crippen molar-refractivity contribution in [2.24, 2.45) is 0 Å². The number of benzene rings is 1. The quantitative estimate of drug-likeness (QED) is 0.691. The molecule has 0 radical (unpaired) electrons. The number of carbonyl (C=O) groups excluding carboxylic acids is 1. The third-order valence-electron chi connectivity index (χ3n) is 3.20. The molecular formula is C15H12BrN3O. The summed E-state index contributed by atoms with van der Waals surface area (Å²) in [6.07, 6.45) is 3.38. The van der Waals surface area contributed by atoms with Crippen LogP contribution < -0.4 is 0 Å². The van der Waals surface area contributed by atoms with Crippen LogP contribution in [-0.4, -0.2) is 20.5 Å². The Morgan fingerprint density at radius 2 is 2.15 bits per heavy atom. The summed E-state index contributed by atoms with van der Waals surface area (Å²) in [6.45, 7) is 2.61. The topological polar surface area (TPSA) is 47.8 Å². The average Bonchev–Trinajstić information content (AvgIpc) is 2.87. The molecule has 5 heteroatoms. The molecule has 3 rings (SSSR count). The molecular weight excluding hydrogens is 318 g/mol. The first-order chi connectivity index (χ1) is 9.72. The average molecular weight is 330 g/mol. The smallest absolute Gasteiger partial charge is 0.212 e. The van der Waals surface area contributed by atoms with Gasteiger partial charge in [-0.25, -0.2) is 0 Å². The van der Waals surface area contributed by atoms with Gasteiger partial charge < -0.3 is 0 Å². The standard InChI is InChI=1S/C15H12BrN3O/c1-2-19-14(12(16)9-18-19)15(20)11-5-3-7-13-10(11)6-4-8-17-13/h3-9H,2H2,1H3. The second kappa shape index (κ2) is 5.17. The van der Waals surface area contributed by atoms with Gasteiger partial charge in [0.25, 0.3) is 0 Å². The number of aryl methyl sites for hydroxylation is 1. The first-order valence-corrected chi connectivity index (χ1v) is 7.11. The van der Waals surface area contributed by atoms with E-state index in [9.17, 15) is 4.79 Å². The largest absolute Gasteiger partial charge is 0.287 e. The predicted octanol–water partition coefficient (Wildman–Crippen LogP) is 3.44. The molecule has 4 nitrogen and oxygen atoms in total. The van der Waals surface area contributed by atoms with Gasteiger partial charge in [-0.2, -0.15) is 5.10 Å². The Labute approximate surface area is 124 Å². The van der Waals surface area contributed by atoms with Gasteiger partial charge in [0.05, 0.1) is 16.2 Å². The van der Waals surface area contributed by atoms with Gasteiger partial charge in [-0.3, -0.25) is 14.5 Å². The lowest BCUT2D eigenvalue weighted by atomic mass is 10.0. The maximum absolute atomic E-state index is 12.8. The van der Waals surface area contributed by atoms with Crippen LogP contribution in [0.25, 0.3) is 10.9 Å². The van der Waals surface area contributed by atoms with Gasteiger partial charge in [0.2, 0.25) is 5.78 Å². The normalized spacial score (nSPS) is 10.9. The number of carbonyl (C=O) groups is 1. The third kappa shape index (κ3) is 2.04. The van der Waals surface area contributed by atoms with Gasteiger partial charge in [-0.1, -0.05) is 18.2 Å². The number of pyridine rings is 1. The van der Waals surface area contributed by atoms with Crippen LogP contribution in [0.3, 0.4) is 0 Å². The van der Waals surface area contributed by atoms with Crippen LogP contribution in [0.5, 0.6) is 0 Å². The fourth-order valence-corrected chi connectivity index (χ4v) is 2.73. The highest BCUT2D eigenvalue weighted by Crippen LogP contribution is 2.24. The van der Waals surface area contributed by atoms with Crippen LogP contribution >= 0.6 is 15.9 Å². The lowest BCUT2D eigenvalue weighted by Gasteiger charge is -2.07. The Kier molecular flexibility index (Phi) is 3.36. The van der Waals surface area contributed by atoms with E-state index >= 15 is 0 Å². The van der Waals surface area contributed by atoms with Gasteiger partial charge in [0.15, 0.2) is 0 Å². The molecule has 2 heterocycles. The molecule has 0 atom stereocenters. The number of hydrogen-bond donors (Lipinski definition) is 0. The first-order valence-electron chi connectivity index (χ1n) is 6.32. The minimum atomic E-state index is -0.0465. The zero-order valence-corrected chi connectivity index (χ0v) is 12.5. The fraction of sp³-hybridized carbons (Fsp3) is 0.133. The van der Waals surface area contributed by atoms with Crippen molar-refractivity contribution in [1.82, 2.24) is 14.8 Å². The summed E-state index contributed by atoms with van der Waals surface area (Å²) in [5.41, 5.74) is 2.03. The lowest BCUT2D eigenvalue weighted by Crippen LogP contribution is -2.11. The molecule has 0 fully saturated rings. The highest BCUT2D eigenvalue weighted by Gasteiger charge is 2.20. The summed E-state index contributed by atoms with van der Waals surface area (Å²) < 4.78 is 2.41. The second-order valence-corrected chi connectivity index (χ2v) is 5.22. The van der Waals surface area contributed by atoms with Crippen LogP contribution in [0.2, 0.25) is 0 Å². The van der Waals surface area contributed by atoms with Crippen molar-refractivity contribution in [3.63, 3.8) is 0 Å². The van der Waals surface area contributed by atoms with Crippen molar-refractivity contribution in [1.29, 1.82) is 0 Å². The van der Waals surface area contributed by atoms with Crippen LogP contribution in [0.15, 0.2) is 47.2 Å². The van der Waals surface area contributed by atoms with Crippen molar-refractivity contribution in [2.75, 3.05) is 0 Å². The second-order valence-electron chi connectivity index (χ2n) is 4.36. The maximum Gasteiger partial charge on any atom is 0.212 e. The molecule has 0 saturated carbocycles. The molecule has 20 heavy (non-hydrogen) atoms. The van der Waals surface area contributed by atoms with E-state index < -0.39 is 0 Å². The van der Waals surface area contributed by atoms with Gasteiger partial charge in [0, 0.05) is 23.7 Å². The minimum absolute atomic E-state index is 0.0465. The highest BCUT2D eigenvalue weighted by molar-refractivity contribution is 9.10. The number of nitrogens with zero attached hydrogens (tertiary/aromatic N) is 3. The van der Waals surface area contributed by atoms with Crippen molar-refractivity contribution < 1.29 is 4.79 Å². The molecule has 0 bridgehead atoms. The molecule has 0 aliphatic rings. The molecule has 0 amide bonds. The fourth-order valence-electron chi connectivity index (χ4n) is 2.26. The Hall–Kier alpha value is -2.01. The Bertz CT molecular complexity index is 789. The molecule has 0 aliphatic heterocycles. The van der Waals surface area contributed by atoms with Crippen LogP contribution in [0.1, 0.15) is 23.0 Å². The molecule has 0 saturated heterocycles. The maximum atomic E-state index is 12.8. The zero-order valence-electron chi connectivity index (χ0n) is 10.9. The molecule has 0 unspecified atom stereocenters. The summed E-state index contributed by atoms with van der Waals surface area (Å²) in [5, 5.41) is 5.05. The molecule has 0 aliphatic carbocycles. The van der Waals surface area contributed by atoms with Gasteiger partial charge in [0.1, 0.15) is 5.69 Å². The van der Waals surface area contributed by atoms with Crippen LogP contribution in [-0.2, 0) is 6.54 Å². The molecule has 3 aromatic rings. The summed E-state index contributed by atoms with van der Waals surface area (Å²) in [5.74, 6) is -0.0465. The number of hydrogen-bond acceptors (Lipinski definition) is 3. The van der Waals surface area contributed by atoms with E-state index in [0.29, 0.717) is 22.3 Å². The number of rotatable bonds is 3. The number of halogens is 1. The highest BCUT2D eigenvalue weighted by atomic mass is 79.9. The van der Waals surface area contributed by atoms with Crippen molar-refractivity contribution in [2.45, 2.75) is 13.5 Å². The van der Waals surface area contributed by atoms with E-state index in [4.69, 9.17) is 0 Å². The monoisotopic (exact) mass is 329 g/mol. The van der Waals surface area contributed by atoms with Gasteiger partial charge >= 0.3 is 0 Å². The van der Waals surface area contributed by atoms with Crippen molar-refractivity contribution >= 4 is 32.6 Å². The lowest BCUT2D eigenvalue weighted by molar-refractivity contribution is 0.103. The van der Waals surface area contributed by atoms with E-state index in [1.54, 1.807) is 17.1 Å². The molecule has 0 N–H and O–H groups in total. The van der Waals surface area contributed by atoms with E-state index in [1.807, 2.05) is 37.3 Å². The number of ketones is 1. The van der Waals surface area contributed by atoms with E-state index in [-0.39, 0.29) is 5.78 Å². The summed E-state index contributed by atoms with van der Waals surface area (Å²) in [4.78, 5) is 17.1. The van der Waals surface area contributed by atoms with Crippen LogP contribution in [0.4, 0.5) is 0 Å². The zero-order chi connectivity index (χ0) is 14.1. The van der Waals surface area contributed by atoms with Gasteiger partial charge in [-0.05, 0) is 35.0 Å². The summed E-state index contributed by atoms with van der Waals surface area (Å²) in [6, 6.07) is 9.33. The summed E-state index contributed by atoms with van der Waals surface area (Å²) in [7, 11) is 0. The van der Waals surface area contributed by atoms with E-state index in [2.05, 4.69) is 26.0 Å². The van der Waals surface area contributed by atoms with Gasteiger partial charge in [-0.15, -0.1) is 0 Å². The Morgan fingerprint density at radius 3 is 2.95 bits per heavy atom. The molecule has 0 spiro atoms. The third-order valence-corrected chi connectivity index (χ3v) is 3.78. The van der Waals surface area contributed by atoms with E-state index in [1.165, 1.54) is 0 Å². The molecule has 100 valence electrons. The Balaban J connectivity index is 2.20. The number of fused-ring (bicyclic) bond motifs is 1. The summed E-state index contributed by atoms with van der Waals surface area (Å²) >= 11 is 3.40. The first kappa shape index (κ1) is 13.0. The van der Waals surface area contributed by atoms with Crippen molar-refractivity contribution in [3.05, 3.63) is 58.5 Å². The molecule has 2 aromatic heterocycles. The SMILES string of the molecule is CCn1ncc(Br)c1C(=O)c1cccc2ncccc12. The van der Waals surface area contributed by atoms with E-state index in [0.717, 1.165) is 10.9 Å². The Morgan fingerprint density at radius 1 is 1.30 bits per heavy atom. The van der Waals surface area contributed by atoms with Crippen molar-refractivity contribution in [3.8, 4) is 0 Å².